The first-order chi connectivity index (χ1) is 9.88. The van der Waals surface area contributed by atoms with Gasteiger partial charge in [0, 0.05) is 7.05 Å². The van der Waals surface area contributed by atoms with Crippen LogP contribution in [0, 0.1) is 0 Å². The normalized spacial score (nSPS) is 13.2. The molecular weight excluding hydrogens is 283 g/mol. The van der Waals surface area contributed by atoms with E-state index in [1.165, 1.54) is 19.2 Å². The Labute approximate surface area is 120 Å². The van der Waals surface area contributed by atoms with Gasteiger partial charge in [0.1, 0.15) is 5.69 Å². The van der Waals surface area contributed by atoms with Crippen molar-refractivity contribution in [3.63, 3.8) is 0 Å². The number of aryl methyl sites for hydroxylation is 1. The number of aromatic nitrogens is 2. The molecule has 0 amide bonds. The second kappa shape index (κ2) is 5.77. The maximum absolute atomic E-state index is 12.6. The number of hydrogen-bond donors (Lipinski definition) is 1. The van der Waals surface area contributed by atoms with Gasteiger partial charge >= 0.3 is 6.18 Å². The Morgan fingerprint density at radius 3 is 2.33 bits per heavy atom. The lowest BCUT2D eigenvalue weighted by Crippen LogP contribution is -2.21. The van der Waals surface area contributed by atoms with Crippen molar-refractivity contribution in [3.8, 4) is 5.75 Å². The van der Waals surface area contributed by atoms with Gasteiger partial charge in [0.15, 0.2) is 5.75 Å². The summed E-state index contributed by atoms with van der Waals surface area (Å²) in [6, 6.07) is 4.74. The highest BCUT2D eigenvalue weighted by Crippen LogP contribution is 2.33. The summed E-state index contributed by atoms with van der Waals surface area (Å²) in [5.41, 5.74) is 0.783. The molecule has 7 heteroatoms. The minimum atomic E-state index is -4.34. The van der Waals surface area contributed by atoms with Crippen molar-refractivity contribution in [2.24, 2.45) is 7.05 Å². The van der Waals surface area contributed by atoms with Crippen molar-refractivity contribution >= 4 is 0 Å². The first kappa shape index (κ1) is 15.4. The molecule has 2 aromatic rings. The predicted molar refractivity (Wildman–Crippen MR) is 72.1 cm³/mol. The highest BCUT2D eigenvalue weighted by atomic mass is 19.4. The van der Waals surface area contributed by atoms with Crippen molar-refractivity contribution in [2.75, 3.05) is 14.2 Å². The number of alkyl halides is 3. The molecule has 1 heterocycles. The Bertz CT molecular complexity index is 605. The lowest BCUT2D eigenvalue weighted by molar-refractivity contribution is -0.137. The molecule has 1 aromatic carbocycles. The minimum Gasteiger partial charge on any atom is -0.493 e. The molecule has 1 atom stereocenters. The Balaban J connectivity index is 2.40. The second-order valence-electron chi connectivity index (χ2n) is 4.56. The van der Waals surface area contributed by atoms with Gasteiger partial charge in [-0.05, 0) is 24.7 Å². The fourth-order valence-electron chi connectivity index (χ4n) is 2.24. The Hall–Kier alpha value is -2.02. The third-order valence-electron chi connectivity index (χ3n) is 3.30. The molecule has 1 N–H and O–H groups in total. The van der Waals surface area contributed by atoms with Gasteiger partial charge in [-0.25, -0.2) is 0 Å². The smallest absolute Gasteiger partial charge is 0.416 e. The molecule has 114 valence electrons. The van der Waals surface area contributed by atoms with Crippen LogP contribution in [0.25, 0.3) is 0 Å². The van der Waals surface area contributed by atoms with Crippen molar-refractivity contribution in [3.05, 3.63) is 47.3 Å². The monoisotopic (exact) mass is 299 g/mol. The van der Waals surface area contributed by atoms with Crippen LogP contribution in [0.3, 0.4) is 0 Å². The second-order valence-corrected chi connectivity index (χ2v) is 4.56. The summed E-state index contributed by atoms with van der Waals surface area (Å²) in [7, 11) is 5.01. The molecule has 0 aliphatic rings. The van der Waals surface area contributed by atoms with Gasteiger partial charge in [0.2, 0.25) is 0 Å². The first-order valence-electron chi connectivity index (χ1n) is 6.28. The molecule has 0 saturated heterocycles. The number of ether oxygens (including phenoxy) is 1. The van der Waals surface area contributed by atoms with Crippen LogP contribution in [0.4, 0.5) is 13.2 Å². The summed E-state index contributed by atoms with van der Waals surface area (Å²) in [6.45, 7) is 0. The zero-order chi connectivity index (χ0) is 15.6. The first-order valence-corrected chi connectivity index (χ1v) is 6.28. The molecular formula is C14H16F3N3O. The van der Waals surface area contributed by atoms with E-state index in [-0.39, 0.29) is 6.04 Å². The molecule has 0 radical (unpaired) electrons. The van der Waals surface area contributed by atoms with Crippen LogP contribution in [0.5, 0.6) is 5.75 Å². The van der Waals surface area contributed by atoms with E-state index in [1.807, 2.05) is 0 Å². The number of benzene rings is 1. The molecule has 0 aliphatic heterocycles. The van der Waals surface area contributed by atoms with Crippen LogP contribution < -0.4 is 10.1 Å². The fraction of sp³-hybridized carbons (Fsp3) is 0.357. The van der Waals surface area contributed by atoms with Crippen LogP contribution in [0.1, 0.15) is 22.9 Å². The highest BCUT2D eigenvalue weighted by Gasteiger charge is 2.30. The fourth-order valence-corrected chi connectivity index (χ4v) is 2.24. The molecule has 0 bridgehead atoms. The van der Waals surface area contributed by atoms with Crippen molar-refractivity contribution in [1.29, 1.82) is 0 Å². The zero-order valence-corrected chi connectivity index (χ0v) is 11.9. The van der Waals surface area contributed by atoms with E-state index in [9.17, 15) is 13.2 Å². The maximum Gasteiger partial charge on any atom is 0.416 e. The SMILES string of the molecule is CNC(c1ccc(C(F)(F)F)cc1)c1c(OC)cnn1C. The number of hydrogen-bond acceptors (Lipinski definition) is 3. The molecule has 2 rings (SSSR count). The zero-order valence-electron chi connectivity index (χ0n) is 11.9. The predicted octanol–water partition coefficient (Wildman–Crippen LogP) is 2.76. The third kappa shape index (κ3) is 3.02. The molecule has 0 fully saturated rings. The molecule has 0 spiro atoms. The molecule has 1 unspecified atom stereocenters. The van der Waals surface area contributed by atoms with Crippen LogP contribution in [-0.4, -0.2) is 23.9 Å². The highest BCUT2D eigenvalue weighted by molar-refractivity contribution is 5.37. The third-order valence-corrected chi connectivity index (χ3v) is 3.30. The average molecular weight is 299 g/mol. The van der Waals surface area contributed by atoms with E-state index in [2.05, 4.69) is 10.4 Å². The lowest BCUT2D eigenvalue weighted by Gasteiger charge is -2.19. The van der Waals surface area contributed by atoms with Crippen LogP contribution in [0.15, 0.2) is 30.5 Å². The maximum atomic E-state index is 12.6. The summed E-state index contributed by atoms with van der Waals surface area (Å²) in [4.78, 5) is 0. The molecule has 0 aliphatic carbocycles. The van der Waals surface area contributed by atoms with E-state index in [0.717, 1.165) is 17.8 Å². The Morgan fingerprint density at radius 2 is 1.86 bits per heavy atom. The van der Waals surface area contributed by atoms with E-state index in [1.54, 1.807) is 25.0 Å². The Morgan fingerprint density at radius 1 is 1.24 bits per heavy atom. The summed E-state index contributed by atoms with van der Waals surface area (Å²) >= 11 is 0. The largest absolute Gasteiger partial charge is 0.493 e. The van der Waals surface area contributed by atoms with Crippen LogP contribution >= 0.6 is 0 Å². The number of nitrogens with one attached hydrogen (secondary N) is 1. The van der Waals surface area contributed by atoms with Gasteiger partial charge in [-0.3, -0.25) is 4.68 Å². The van der Waals surface area contributed by atoms with Crippen molar-refractivity contribution in [1.82, 2.24) is 15.1 Å². The van der Waals surface area contributed by atoms with Gasteiger partial charge in [-0.15, -0.1) is 0 Å². The quantitative estimate of drug-likeness (QED) is 0.943. The molecule has 4 nitrogen and oxygen atoms in total. The van der Waals surface area contributed by atoms with Crippen LogP contribution in [0.2, 0.25) is 0 Å². The number of rotatable bonds is 4. The van der Waals surface area contributed by atoms with Gasteiger partial charge in [0.25, 0.3) is 0 Å². The van der Waals surface area contributed by atoms with E-state index in [0.29, 0.717) is 11.3 Å². The summed E-state index contributed by atoms with van der Waals surface area (Å²) in [6.07, 6.45) is -2.76. The van der Waals surface area contributed by atoms with Gasteiger partial charge in [0.05, 0.1) is 24.9 Å². The standard InChI is InChI=1S/C14H16F3N3O/c1-18-12(13-11(21-3)8-19-20(13)2)9-4-6-10(7-5-9)14(15,16)17/h4-8,12,18H,1-3H3. The minimum absolute atomic E-state index is 0.310. The number of nitrogens with zero attached hydrogens (tertiary/aromatic N) is 2. The van der Waals surface area contributed by atoms with E-state index < -0.39 is 11.7 Å². The van der Waals surface area contributed by atoms with Crippen molar-refractivity contribution < 1.29 is 17.9 Å². The van der Waals surface area contributed by atoms with Gasteiger partial charge in [-0.2, -0.15) is 18.3 Å². The summed E-state index contributed by atoms with van der Waals surface area (Å²) in [5.74, 6) is 0.580. The van der Waals surface area contributed by atoms with Gasteiger partial charge < -0.3 is 10.1 Å². The van der Waals surface area contributed by atoms with E-state index >= 15 is 0 Å². The van der Waals surface area contributed by atoms with Crippen LogP contribution in [-0.2, 0) is 13.2 Å². The summed E-state index contributed by atoms with van der Waals surface area (Å²) in [5, 5.41) is 7.18. The molecule has 21 heavy (non-hydrogen) atoms. The summed E-state index contributed by atoms with van der Waals surface area (Å²) < 4.78 is 44.7. The average Bonchev–Trinajstić information content (AvgIpc) is 2.81. The number of halogens is 3. The topological polar surface area (TPSA) is 39.1 Å². The van der Waals surface area contributed by atoms with E-state index in [4.69, 9.17) is 4.74 Å². The Kier molecular flexibility index (Phi) is 4.22. The lowest BCUT2D eigenvalue weighted by atomic mass is 10.0. The van der Waals surface area contributed by atoms with Crippen molar-refractivity contribution in [2.45, 2.75) is 12.2 Å². The number of methoxy groups -OCH3 is 1. The molecule has 0 saturated carbocycles. The molecule has 1 aromatic heterocycles. The van der Waals surface area contributed by atoms with Gasteiger partial charge in [-0.1, -0.05) is 12.1 Å².